The van der Waals surface area contributed by atoms with Gasteiger partial charge in [-0.05, 0) is 38.0 Å². The number of hydrogen-bond acceptors (Lipinski definition) is 2. The average molecular weight is 261 g/mol. The van der Waals surface area contributed by atoms with Gasteiger partial charge in [0.2, 0.25) is 5.91 Å². The second-order valence-electron chi connectivity index (χ2n) is 5.70. The zero-order valence-electron chi connectivity index (χ0n) is 10.5. The highest BCUT2D eigenvalue weighted by molar-refractivity contribution is 5.85. The van der Waals surface area contributed by atoms with Crippen molar-refractivity contribution >= 4 is 18.3 Å². The molecule has 0 spiro atoms. The van der Waals surface area contributed by atoms with Gasteiger partial charge in [0, 0.05) is 18.5 Å². The Bertz CT molecular complexity index is 248. The molecule has 0 aromatic rings. The van der Waals surface area contributed by atoms with E-state index >= 15 is 0 Å². The molecule has 0 aromatic heterocycles. The largest absolute Gasteiger partial charge is 0.354 e. The summed E-state index contributed by atoms with van der Waals surface area (Å²) in [5, 5.41) is 3.01. The first kappa shape index (κ1) is 14.8. The molecule has 2 aliphatic carbocycles. The Morgan fingerprint density at radius 3 is 2.35 bits per heavy atom. The van der Waals surface area contributed by atoms with E-state index in [2.05, 4.69) is 5.32 Å². The molecule has 0 aromatic carbocycles. The van der Waals surface area contributed by atoms with Gasteiger partial charge in [0.1, 0.15) is 0 Å². The van der Waals surface area contributed by atoms with Gasteiger partial charge in [-0.2, -0.15) is 0 Å². The average Bonchev–Trinajstić information content (AvgIpc) is 2.25. The Kier molecular flexibility index (Phi) is 5.74. The van der Waals surface area contributed by atoms with Gasteiger partial charge in [0.15, 0.2) is 0 Å². The highest BCUT2D eigenvalue weighted by Gasteiger charge is 2.32. The second-order valence-corrected chi connectivity index (χ2v) is 5.70. The number of hydrogen-bond donors (Lipinski definition) is 2. The Morgan fingerprint density at radius 2 is 1.82 bits per heavy atom. The molecule has 0 heterocycles. The number of nitrogens with two attached hydrogens (primary N) is 1. The highest BCUT2D eigenvalue weighted by Crippen LogP contribution is 2.29. The molecule has 0 atom stereocenters. The van der Waals surface area contributed by atoms with Gasteiger partial charge in [0.25, 0.3) is 0 Å². The zero-order valence-corrected chi connectivity index (χ0v) is 11.4. The van der Waals surface area contributed by atoms with Gasteiger partial charge in [-0.3, -0.25) is 4.79 Å². The maximum absolute atomic E-state index is 11.7. The predicted molar refractivity (Wildman–Crippen MR) is 72.2 cm³/mol. The van der Waals surface area contributed by atoms with Gasteiger partial charge in [0.05, 0.1) is 0 Å². The Morgan fingerprint density at radius 1 is 1.18 bits per heavy atom. The second kappa shape index (κ2) is 6.60. The number of amides is 1. The first-order chi connectivity index (χ1) is 7.68. The van der Waals surface area contributed by atoms with Crippen molar-refractivity contribution in [3.05, 3.63) is 0 Å². The summed E-state index contributed by atoms with van der Waals surface area (Å²) in [5.41, 5.74) is 5.99. The van der Waals surface area contributed by atoms with E-state index in [-0.39, 0.29) is 23.9 Å². The lowest BCUT2D eigenvalue weighted by Crippen LogP contribution is -2.55. The van der Waals surface area contributed by atoms with Crippen molar-refractivity contribution < 1.29 is 4.79 Å². The minimum atomic E-state index is -0.0811. The minimum absolute atomic E-state index is 0. The number of halogens is 1. The van der Waals surface area contributed by atoms with Crippen LogP contribution in [0.3, 0.4) is 0 Å². The first-order valence-electron chi connectivity index (χ1n) is 6.74. The van der Waals surface area contributed by atoms with E-state index in [1.165, 1.54) is 38.5 Å². The first-order valence-corrected chi connectivity index (χ1v) is 6.74. The Balaban J connectivity index is 0.00000144. The zero-order chi connectivity index (χ0) is 11.4. The molecule has 0 aliphatic heterocycles. The van der Waals surface area contributed by atoms with Crippen molar-refractivity contribution in [1.29, 1.82) is 0 Å². The third kappa shape index (κ3) is 4.47. The molecule has 1 amide bonds. The van der Waals surface area contributed by atoms with Crippen LogP contribution < -0.4 is 11.1 Å². The van der Waals surface area contributed by atoms with Crippen LogP contribution in [-0.4, -0.2) is 18.0 Å². The molecular weight excluding hydrogens is 236 g/mol. The summed E-state index contributed by atoms with van der Waals surface area (Å²) in [5.74, 6) is 0.840. The normalized spacial score (nSPS) is 23.4. The molecule has 2 rings (SSSR count). The summed E-state index contributed by atoms with van der Waals surface area (Å²) < 4.78 is 0. The molecule has 2 saturated carbocycles. The molecule has 0 bridgehead atoms. The molecule has 17 heavy (non-hydrogen) atoms. The summed E-state index contributed by atoms with van der Waals surface area (Å²) in [6.45, 7) is 0.679. The van der Waals surface area contributed by atoms with Gasteiger partial charge >= 0.3 is 0 Å². The third-order valence-electron chi connectivity index (χ3n) is 4.19. The highest BCUT2D eigenvalue weighted by atomic mass is 35.5. The fourth-order valence-electron chi connectivity index (χ4n) is 2.81. The topological polar surface area (TPSA) is 55.1 Å². The van der Waals surface area contributed by atoms with E-state index in [0.29, 0.717) is 12.5 Å². The molecule has 100 valence electrons. The Hall–Kier alpha value is -0.280. The lowest BCUT2D eigenvalue weighted by atomic mass is 9.77. The lowest BCUT2D eigenvalue weighted by molar-refractivity contribution is -0.122. The van der Waals surface area contributed by atoms with Gasteiger partial charge in [-0.1, -0.05) is 19.3 Å². The Labute approximate surface area is 110 Å². The predicted octanol–water partition coefficient (Wildman–Crippen LogP) is 2.38. The number of carbonyl (C=O) groups excluding carboxylic acids is 1. The van der Waals surface area contributed by atoms with E-state index in [1.54, 1.807) is 0 Å². The lowest BCUT2D eigenvalue weighted by Gasteiger charge is -2.38. The SMILES string of the molecule is Cl.NC1(CNC(=O)CC2CCCCC2)CCC1. The van der Waals surface area contributed by atoms with E-state index in [9.17, 15) is 4.79 Å². The fraction of sp³-hybridized carbons (Fsp3) is 0.923. The number of carbonyl (C=O) groups is 1. The summed E-state index contributed by atoms with van der Waals surface area (Å²) >= 11 is 0. The van der Waals surface area contributed by atoms with Crippen molar-refractivity contribution in [1.82, 2.24) is 5.32 Å². The van der Waals surface area contributed by atoms with Crippen molar-refractivity contribution in [3.8, 4) is 0 Å². The van der Waals surface area contributed by atoms with Crippen molar-refractivity contribution in [2.75, 3.05) is 6.54 Å². The van der Waals surface area contributed by atoms with E-state index in [4.69, 9.17) is 5.73 Å². The van der Waals surface area contributed by atoms with E-state index in [1.807, 2.05) is 0 Å². The maximum atomic E-state index is 11.7. The molecule has 0 unspecified atom stereocenters. The maximum Gasteiger partial charge on any atom is 0.220 e. The number of rotatable bonds is 4. The van der Waals surface area contributed by atoms with Gasteiger partial charge < -0.3 is 11.1 Å². The van der Waals surface area contributed by atoms with Crippen LogP contribution in [0.1, 0.15) is 57.8 Å². The molecule has 4 heteroatoms. The summed E-state index contributed by atoms with van der Waals surface area (Å²) in [4.78, 5) is 11.7. The smallest absolute Gasteiger partial charge is 0.220 e. The van der Waals surface area contributed by atoms with Crippen LogP contribution in [0.2, 0.25) is 0 Å². The molecule has 3 nitrogen and oxygen atoms in total. The fourth-order valence-corrected chi connectivity index (χ4v) is 2.81. The van der Waals surface area contributed by atoms with E-state index < -0.39 is 0 Å². The number of nitrogens with one attached hydrogen (secondary N) is 1. The van der Waals surface area contributed by atoms with Crippen molar-refractivity contribution in [2.45, 2.75) is 63.3 Å². The van der Waals surface area contributed by atoms with Crippen LogP contribution in [0, 0.1) is 5.92 Å². The van der Waals surface area contributed by atoms with Crippen molar-refractivity contribution in [2.24, 2.45) is 11.7 Å². The minimum Gasteiger partial charge on any atom is -0.354 e. The summed E-state index contributed by atoms with van der Waals surface area (Å²) in [6, 6.07) is 0. The quantitative estimate of drug-likeness (QED) is 0.816. The molecule has 0 radical (unpaired) electrons. The van der Waals surface area contributed by atoms with Crippen LogP contribution in [0.15, 0.2) is 0 Å². The molecule has 2 fully saturated rings. The van der Waals surface area contributed by atoms with Crippen molar-refractivity contribution in [3.63, 3.8) is 0 Å². The standard InChI is InChI=1S/C13H24N2O.ClH/c14-13(7-4-8-13)10-15-12(16)9-11-5-2-1-3-6-11;/h11H,1-10,14H2,(H,15,16);1H. The third-order valence-corrected chi connectivity index (χ3v) is 4.19. The van der Waals surface area contributed by atoms with Gasteiger partial charge in [-0.25, -0.2) is 0 Å². The van der Waals surface area contributed by atoms with Crippen LogP contribution in [0.25, 0.3) is 0 Å². The van der Waals surface area contributed by atoms with Crippen LogP contribution >= 0.6 is 12.4 Å². The molecular formula is C13H25ClN2O. The monoisotopic (exact) mass is 260 g/mol. The molecule has 2 aliphatic rings. The van der Waals surface area contributed by atoms with Crippen LogP contribution in [0.5, 0.6) is 0 Å². The summed E-state index contributed by atoms with van der Waals surface area (Å²) in [6.07, 6.45) is 10.5. The van der Waals surface area contributed by atoms with Crippen LogP contribution in [-0.2, 0) is 4.79 Å². The van der Waals surface area contributed by atoms with E-state index in [0.717, 1.165) is 19.3 Å². The molecule has 3 N–H and O–H groups in total. The van der Waals surface area contributed by atoms with Crippen LogP contribution in [0.4, 0.5) is 0 Å². The summed E-state index contributed by atoms with van der Waals surface area (Å²) in [7, 11) is 0. The molecule has 0 saturated heterocycles. The van der Waals surface area contributed by atoms with Gasteiger partial charge in [-0.15, -0.1) is 12.4 Å².